The molecule has 1 atom stereocenters. The van der Waals surface area contributed by atoms with Crippen molar-refractivity contribution in [1.82, 2.24) is 0 Å². The van der Waals surface area contributed by atoms with Crippen LogP contribution in [0.25, 0.3) is 0 Å². The Balaban J connectivity index is 2.55. The molecule has 1 nitrogen and oxygen atoms in total. The van der Waals surface area contributed by atoms with E-state index < -0.39 is 0 Å². The highest BCUT2D eigenvalue weighted by molar-refractivity contribution is 9.10. The Kier molecular flexibility index (Phi) is 2.56. The summed E-state index contributed by atoms with van der Waals surface area (Å²) in [5, 5.41) is 0. The zero-order valence-electron chi connectivity index (χ0n) is 8.86. The first-order chi connectivity index (χ1) is 6.59. The van der Waals surface area contributed by atoms with Gasteiger partial charge in [0.2, 0.25) is 0 Å². The minimum Gasteiger partial charge on any atom is -0.490 e. The van der Waals surface area contributed by atoms with Crippen molar-refractivity contribution in [2.24, 2.45) is 0 Å². The minimum atomic E-state index is 0.363. The normalized spacial score (nSPS) is 20.1. The van der Waals surface area contributed by atoms with Crippen LogP contribution >= 0.6 is 15.9 Å². The molecular formula is C12H15BrO. The molecule has 0 aromatic heterocycles. The van der Waals surface area contributed by atoms with Crippen LogP contribution in [0.2, 0.25) is 0 Å². The average molecular weight is 255 g/mol. The van der Waals surface area contributed by atoms with E-state index in [1.165, 1.54) is 21.2 Å². The number of halogens is 1. The third-order valence-electron chi connectivity index (χ3n) is 2.99. The van der Waals surface area contributed by atoms with E-state index in [0.29, 0.717) is 6.10 Å². The second-order valence-corrected chi connectivity index (χ2v) is 4.92. The molecule has 1 aliphatic heterocycles. The fourth-order valence-electron chi connectivity index (χ4n) is 1.89. The number of aryl methyl sites for hydroxylation is 1. The smallest absolute Gasteiger partial charge is 0.126 e. The van der Waals surface area contributed by atoms with Crippen molar-refractivity contribution in [3.8, 4) is 5.75 Å². The summed E-state index contributed by atoms with van der Waals surface area (Å²) in [6, 6.07) is 2.20. The third kappa shape index (κ3) is 1.56. The highest BCUT2D eigenvalue weighted by atomic mass is 79.9. The third-order valence-corrected chi connectivity index (χ3v) is 3.82. The topological polar surface area (TPSA) is 9.23 Å². The summed E-state index contributed by atoms with van der Waals surface area (Å²) in [5.74, 6) is 1.12. The molecule has 0 bridgehead atoms. The Morgan fingerprint density at radius 2 is 2.07 bits per heavy atom. The lowest BCUT2D eigenvalue weighted by Crippen LogP contribution is -2.20. The van der Waals surface area contributed by atoms with Crippen LogP contribution in [0.5, 0.6) is 5.75 Å². The Hall–Kier alpha value is -0.500. The molecule has 0 N–H and O–H groups in total. The van der Waals surface area contributed by atoms with E-state index in [2.05, 4.69) is 42.8 Å². The zero-order chi connectivity index (χ0) is 10.3. The van der Waals surface area contributed by atoms with Gasteiger partial charge in [-0.1, -0.05) is 15.9 Å². The van der Waals surface area contributed by atoms with Crippen LogP contribution in [-0.4, -0.2) is 6.10 Å². The summed E-state index contributed by atoms with van der Waals surface area (Å²) in [5.41, 5.74) is 3.91. The quantitative estimate of drug-likeness (QED) is 0.685. The van der Waals surface area contributed by atoms with Gasteiger partial charge in [0.15, 0.2) is 0 Å². The van der Waals surface area contributed by atoms with Gasteiger partial charge >= 0.3 is 0 Å². The molecule has 1 aromatic rings. The molecule has 1 heterocycles. The average Bonchev–Trinajstić information content (AvgIpc) is 2.16. The van der Waals surface area contributed by atoms with Gasteiger partial charge in [-0.05, 0) is 56.4 Å². The molecule has 0 fully saturated rings. The molecule has 0 amide bonds. The Labute approximate surface area is 93.6 Å². The lowest BCUT2D eigenvalue weighted by molar-refractivity contribution is 0.191. The maximum atomic E-state index is 5.88. The van der Waals surface area contributed by atoms with Crippen LogP contribution in [0.4, 0.5) is 0 Å². The van der Waals surface area contributed by atoms with Gasteiger partial charge in [-0.3, -0.25) is 0 Å². The van der Waals surface area contributed by atoms with E-state index in [4.69, 9.17) is 4.74 Å². The first kappa shape index (κ1) is 10.0. The fourth-order valence-corrected chi connectivity index (χ4v) is 2.46. The van der Waals surface area contributed by atoms with E-state index in [1.807, 2.05) is 0 Å². The number of benzene rings is 1. The molecule has 2 rings (SSSR count). The fraction of sp³-hybridized carbons (Fsp3) is 0.500. The molecular weight excluding hydrogens is 240 g/mol. The number of rotatable bonds is 0. The van der Waals surface area contributed by atoms with Gasteiger partial charge in [0.1, 0.15) is 5.75 Å². The molecule has 14 heavy (non-hydrogen) atoms. The molecule has 0 radical (unpaired) electrons. The lowest BCUT2D eigenvalue weighted by atomic mass is 9.97. The summed E-state index contributed by atoms with van der Waals surface area (Å²) < 4.78 is 7.08. The van der Waals surface area contributed by atoms with E-state index in [9.17, 15) is 0 Å². The first-order valence-corrected chi connectivity index (χ1v) is 5.84. The maximum absolute atomic E-state index is 5.88. The van der Waals surface area contributed by atoms with Gasteiger partial charge in [-0.15, -0.1) is 0 Å². The summed E-state index contributed by atoms with van der Waals surface area (Å²) in [6.07, 6.45) is 2.62. The van der Waals surface area contributed by atoms with Crippen molar-refractivity contribution in [3.63, 3.8) is 0 Å². The van der Waals surface area contributed by atoms with Crippen molar-refractivity contribution in [2.75, 3.05) is 0 Å². The highest BCUT2D eigenvalue weighted by Crippen LogP contribution is 2.36. The van der Waals surface area contributed by atoms with E-state index in [0.717, 1.165) is 18.6 Å². The van der Waals surface area contributed by atoms with Crippen LogP contribution in [0.3, 0.4) is 0 Å². The number of fused-ring (bicyclic) bond motifs is 1. The van der Waals surface area contributed by atoms with Crippen LogP contribution < -0.4 is 4.74 Å². The Bertz CT molecular complexity index is 371. The molecule has 1 aromatic carbocycles. The van der Waals surface area contributed by atoms with Gasteiger partial charge in [-0.25, -0.2) is 0 Å². The van der Waals surface area contributed by atoms with Crippen LogP contribution in [-0.2, 0) is 6.42 Å². The van der Waals surface area contributed by atoms with Crippen molar-refractivity contribution in [2.45, 2.75) is 39.7 Å². The predicted molar refractivity (Wildman–Crippen MR) is 62.0 cm³/mol. The summed E-state index contributed by atoms with van der Waals surface area (Å²) >= 11 is 3.58. The summed E-state index contributed by atoms with van der Waals surface area (Å²) in [6.45, 7) is 6.40. The van der Waals surface area contributed by atoms with Gasteiger partial charge in [0, 0.05) is 4.47 Å². The SMILES string of the molecule is Cc1c(Br)cc2c(c1C)OC(C)CC2. The monoisotopic (exact) mass is 254 g/mol. The van der Waals surface area contributed by atoms with Gasteiger partial charge in [0.05, 0.1) is 6.10 Å². The van der Waals surface area contributed by atoms with E-state index >= 15 is 0 Å². The molecule has 0 saturated heterocycles. The predicted octanol–water partition coefficient (Wildman–Crippen LogP) is 3.78. The van der Waals surface area contributed by atoms with Crippen LogP contribution in [0.15, 0.2) is 10.5 Å². The second kappa shape index (κ2) is 3.58. The largest absolute Gasteiger partial charge is 0.490 e. The molecule has 1 aliphatic rings. The van der Waals surface area contributed by atoms with Gasteiger partial charge in [0.25, 0.3) is 0 Å². The number of ether oxygens (including phenoxy) is 1. The van der Waals surface area contributed by atoms with Crippen molar-refractivity contribution in [1.29, 1.82) is 0 Å². The summed E-state index contributed by atoms with van der Waals surface area (Å²) in [4.78, 5) is 0. The molecule has 0 spiro atoms. The summed E-state index contributed by atoms with van der Waals surface area (Å²) in [7, 11) is 0. The molecule has 2 heteroatoms. The highest BCUT2D eigenvalue weighted by Gasteiger charge is 2.19. The van der Waals surface area contributed by atoms with Crippen molar-refractivity contribution >= 4 is 15.9 Å². The van der Waals surface area contributed by atoms with Gasteiger partial charge in [-0.2, -0.15) is 0 Å². The molecule has 1 unspecified atom stereocenters. The standard InChI is InChI=1S/C12H15BrO/c1-7-4-5-10-6-11(13)8(2)9(3)12(10)14-7/h6-7H,4-5H2,1-3H3. The second-order valence-electron chi connectivity index (χ2n) is 4.06. The van der Waals surface area contributed by atoms with Gasteiger partial charge < -0.3 is 4.74 Å². The first-order valence-electron chi connectivity index (χ1n) is 5.05. The Morgan fingerprint density at radius 1 is 1.36 bits per heavy atom. The van der Waals surface area contributed by atoms with Crippen LogP contribution in [0, 0.1) is 13.8 Å². The number of hydrogen-bond acceptors (Lipinski definition) is 1. The molecule has 0 saturated carbocycles. The van der Waals surface area contributed by atoms with Crippen molar-refractivity contribution in [3.05, 3.63) is 27.2 Å². The van der Waals surface area contributed by atoms with Crippen LogP contribution in [0.1, 0.15) is 30.0 Å². The van der Waals surface area contributed by atoms with E-state index in [1.54, 1.807) is 0 Å². The Morgan fingerprint density at radius 3 is 2.79 bits per heavy atom. The van der Waals surface area contributed by atoms with E-state index in [-0.39, 0.29) is 0 Å². The molecule has 76 valence electrons. The minimum absolute atomic E-state index is 0.363. The van der Waals surface area contributed by atoms with Crippen molar-refractivity contribution < 1.29 is 4.74 Å². The zero-order valence-corrected chi connectivity index (χ0v) is 10.4. The molecule has 0 aliphatic carbocycles. The number of hydrogen-bond donors (Lipinski definition) is 0. The lowest BCUT2D eigenvalue weighted by Gasteiger charge is -2.26. The maximum Gasteiger partial charge on any atom is 0.126 e.